The minimum absolute atomic E-state index is 0.162. The van der Waals surface area contributed by atoms with Gasteiger partial charge in [-0.05, 0) is 17.5 Å². The molecule has 3 rings (SSSR count). The molecule has 1 N–H and O–H groups in total. The fraction of sp³-hybridized carbons (Fsp3) is 0.188. The molecule has 2 aromatic heterocycles. The molecule has 0 unspecified atom stereocenters. The number of carbonyl (C=O) groups is 1. The Kier molecular flexibility index (Phi) is 4.77. The maximum Gasteiger partial charge on any atom is 0.227 e. The van der Waals surface area contributed by atoms with Gasteiger partial charge in [-0.15, -0.1) is 0 Å². The van der Waals surface area contributed by atoms with Crippen molar-refractivity contribution in [2.75, 3.05) is 0 Å². The number of aromatic nitrogens is 2. The number of hydrogen-bond acceptors (Lipinski definition) is 5. The van der Waals surface area contributed by atoms with Crippen molar-refractivity contribution in [1.82, 2.24) is 15.5 Å². The minimum Gasteiger partial charge on any atom is -0.352 e. The molecular weight excluding hydrogens is 317 g/mol. The fourth-order valence-corrected chi connectivity index (χ4v) is 2.64. The molecular formula is C16H14FN3O2S. The summed E-state index contributed by atoms with van der Waals surface area (Å²) < 4.78 is 18.6. The van der Waals surface area contributed by atoms with Gasteiger partial charge in [0.25, 0.3) is 0 Å². The van der Waals surface area contributed by atoms with E-state index in [2.05, 4.69) is 15.5 Å². The third-order valence-electron chi connectivity index (χ3n) is 3.25. The van der Waals surface area contributed by atoms with Crippen molar-refractivity contribution in [1.29, 1.82) is 0 Å². The van der Waals surface area contributed by atoms with Gasteiger partial charge in [0.15, 0.2) is 0 Å². The number of nitrogens with one attached hydrogen (secondary N) is 1. The van der Waals surface area contributed by atoms with Gasteiger partial charge in [0.1, 0.15) is 5.82 Å². The fourth-order valence-electron chi connectivity index (χ4n) is 2.01. The number of benzene rings is 1. The number of nitrogens with zero attached hydrogens (tertiary/aromatic N) is 2. The van der Waals surface area contributed by atoms with Crippen LogP contribution in [0.4, 0.5) is 4.39 Å². The van der Waals surface area contributed by atoms with Crippen LogP contribution in [0.2, 0.25) is 0 Å². The number of aryl methyl sites for hydroxylation is 1. The topological polar surface area (TPSA) is 68.0 Å². The van der Waals surface area contributed by atoms with Gasteiger partial charge in [0.05, 0.1) is 0 Å². The Morgan fingerprint density at radius 2 is 2.17 bits per heavy atom. The Labute approximate surface area is 136 Å². The molecule has 7 heteroatoms. The van der Waals surface area contributed by atoms with Gasteiger partial charge < -0.3 is 9.84 Å². The summed E-state index contributed by atoms with van der Waals surface area (Å²) in [5.74, 6) is 0.411. The normalized spacial score (nSPS) is 10.7. The van der Waals surface area contributed by atoms with Crippen LogP contribution in [0.25, 0.3) is 11.4 Å². The molecule has 0 atom stereocenters. The molecule has 3 aromatic rings. The summed E-state index contributed by atoms with van der Waals surface area (Å²) in [4.78, 5) is 16.1. The largest absolute Gasteiger partial charge is 0.352 e. The van der Waals surface area contributed by atoms with E-state index in [0.717, 1.165) is 5.56 Å². The van der Waals surface area contributed by atoms with Crippen molar-refractivity contribution >= 4 is 17.2 Å². The van der Waals surface area contributed by atoms with Gasteiger partial charge in [-0.25, -0.2) is 4.39 Å². The van der Waals surface area contributed by atoms with E-state index in [0.29, 0.717) is 23.7 Å². The van der Waals surface area contributed by atoms with Crippen molar-refractivity contribution in [3.63, 3.8) is 0 Å². The highest BCUT2D eigenvalue weighted by molar-refractivity contribution is 7.08. The monoisotopic (exact) mass is 331 g/mol. The van der Waals surface area contributed by atoms with Crippen LogP contribution in [0.15, 0.2) is 45.6 Å². The van der Waals surface area contributed by atoms with Crippen molar-refractivity contribution in [3.05, 3.63) is 58.4 Å². The van der Waals surface area contributed by atoms with Crippen LogP contribution in [0.1, 0.15) is 17.9 Å². The number of hydrogen-bond donors (Lipinski definition) is 1. The van der Waals surface area contributed by atoms with Gasteiger partial charge in [-0.3, -0.25) is 4.79 Å². The van der Waals surface area contributed by atoms with Crippen molar-refractivity contribution in [2.24, 2.45) is 0 Å². The maximum absolute atomic E-state index is 13.4. The maximum atomic E-state index is 13.4. The van der Waals surface area contributed by atoms with Gasteiger partial charge in [-0.1, -0.05) is 23.4 Å². The van der Waals surface area contributed by atoms with E-state index in [1.54, 1.807) is 29.5 Å². The van der Waals surface area contributed by atoms with Crippen LogP contribution in [-0.4, -0.2) is 16.0 Å². The van der Waals surface area contributed by atoms with E-state index in [9.17, 15) is 9.18 Å². The van der Waals surface area contributed by atoms with E-state index in [4.69, 9.17) is 4.52 Å². The second-order valence-corrected chi connectivity index (χ2v) is 5.67. The number of halogens is 1. The highest BCUT2D eigenvalue weighted by atomic mass is 32.1. The van der Waals surface area contributed by atoms with Crippen LogP contribution in [0.3, 0.4) is 0 Å². The van der Waals surface area contributed by atoms with Gasteiger partial charge in [0, 0.05) is 35.9 Å². The number of amides is 1. The van der Waals surface area contributed by atoms with E-state index >= 15 is 0 Å². The molecule has 0 fully saturated rings. The molecule has 0 aliphatic heterocycles. The Hall–Kier alpha value is -2.54. The third-order valence-corrected chi connectivity index (χ3v) is 3.93. The standard InChI is InChI=1S/C16H14FN3O2S/c17-13-4-2-1-3-11(13)9-18-14(21)5-6-15-19-16(20-22-15)12-7-8-23-10-12/h1-4,7-8,10H,5-6,9H2,(H,18,21). The Bertz CT molecular complexity index is 786. The lowest BCUT2D eigenvalue weighted by Gasteiger charge is -2.05. The predicted molar refractivity (Wildman–Crippen MR) is 84.2 cm³/mol. The number of thiophene rings is 1. The lowest BCUT2D eigenvalue weighted by molar-refractivity contribution is -0.121. The summed E-state index contributed by atoms with van der Waals surface area (Å²) in [7, 11) is 0. The molecule has 0 aliphatic carbocycles. The van der Waals surface area contributed by atoms with E-state index in [1.165, 1.54) is 6.07 Å². The highest BCUT2D eigenvalue weighted by Crippen LogP contribution is 2.18. The number of rotatable bonds is 6. The summed E-state index contributed by atoms with van der Waals surface area (Å²) in [6, 6.07) is 8.25. The molecule has 1 aromatic carbocycles. The lowest BCUT2D eigenvalue weighted by Crippen LogP contribution is -2.23. The predicted octanol–water partition coefficient (Wildman–Crippen LogP) is 3.19. The van der Waals surface area contributed by atoms with E-state index < -0.39 is 0 Å². The molecule has 5 nitrogen and oxygen atoms in total. The van der Waals surface area contributed by atoms with Crippen LogP contribution in [0.5, 0.6) is 0 Å². The van der Waals surface area contributed by atoms with Crippen molar-refractivity contribution in [3.8, 4) is 11.4 Å². The summed E-state index contributed by atoms with van der Waals surface area (Å²) in [6.07, 6.45) is 0.556. The van der Waals surface area contributed by atoms with E-state index in [-0.39, 0.29) is 24.7 Å². The van der Waals surface area contributed by atoms with Gasteiger partial charge in [0.2, 0.25) is 17.6 Å². The summed E-state index contributed by atoms with van der Waals surface area (Å²) in [5.41, 5.74) is 1.35. The van der Waals surface area contributed by atoms with Gasteiger partial charge >= 0.3 is 0 Å². The zero-order valence-corrected chi connectivity index (χ0v) is 13.0. The summed E-state index contributed by atoms with van der Waals surface area (Å²) in [6.45, 7) is 0.162. The Balaban J connectivity index is 1.49. The first-order chi connectivity index (χ1) is 11.2. The molecule has 0 bridgehead atoms. The average Bonchev–Trinajstić information content (AvgIpc) is 3.23. The second kappa shape index (κ2) is 7.15. The molecule has 23 heavy (non-hydrogen) atoms. The molecule has 118 valence electrons. The van der Waals surface area contributed by atoms with Crippen LogP contribution < -0.4 is 5.32 Å². The minimum atomic E-state index is -0.329. The van der Waals surface area contributed by atoms with Crippen LogP contribution in [-0.2, 0) is 17.8 Å². The molecule has 0 aliphatic rings. The molecule has 0 radical (unpaired) electrons. The molecule has 0 spiro atoms. The molecule has 2 heterocycles. The highest BCUT2D eigenvalue weighted by Gasteiger charge is 2.11. The zero-order chi connectivity index (χ0) is 16.1. The summed E-state index contributed by atoms with van der Waals surface area (Å²) >= 11 is 1.55. The van der Waals surface area contributed by atoms with Crippen molar-refractivity contribution in [2.45, 2.75) is 19.4 Å². The SMILES string of the molecule is O=C(CCc1nc(-c2ccsc2)no1)NCc1ccccc1F. The first-order valence-corrected chi connectivity index (χ1v) is 8.02. The Morgan fingerprint density at radius 3 is 2.96 bits per heavy atom. The first kappa shape index (κ1) is 15.4. The van der Waals surface area contributed by atoms with Crippen molar-refractivity contribution < 1.29 is 13.7 Å². The zero-order valence-electron chi connectivity index (χ0n) is 12.2. The lowest BCUT2D eigenvalue weighted by atomic mass is 10.2. The van der Waals surface area contributed by atoms with Gasteiger partial charge in [-0.2, -0.15) is 16.3 Å². The van der Waals surface area contributed by atoms with E-state index in [1.807, 2.05) is 16.8 Å². The smallest absolute Gasteiger partial charge is 0.227 e. The first-order valence-electron chi connectivity index (χ1n) is 7.07. The quantitative estimate of drug-likeness (QED) is 0.753. The number of carbonyl (C=O) groups excluding carboxylic acids is 1. The van der Waals surface area contributed by atoms with Crippen LogP contribution >= 0.6 is 11.3 Å². The summed E-state index contributed by atoms with van der Waals surface area (Å²) in [5, 5.41) is 10.4. The molecule has 0 saturated heterocycles. The second-order valence-electron chi connectivity index (χ2n) is 4.89. The van der Waals surface area contributed by atoms with Crippen LogP contribution in [0, 0.1) is 5.82 Å². The average molecular weight is 331 g/mol. The molecule has 0 saturated carbocycles. The molecule has 1 amide bonds. The third kappa shape index (κ3) is 4.01. The Morgan fingerprint density at radius 1 is 1.30 bits per heavy atom.